The smallest absolute Gasteiger partial charge is 0.286 e. The number of carbonyl (C=O) groups is 1. The van der Waals surface area contributed by atoms with Crippen molar-refractivity contribution >= 4 is 28.9 Å². The molecule has 0 aliphatic carbocycles. The minimum atomic E-state index is -0.252. The van der Waals surface area contributed by atoms with Gasteiger partial charge in [-0.15, -0.1) is 0 Å². The number of carbonyl (C=O) groups excluding carboxylic acids is 1. The number of hydrogen-bond acceptors (Lipinski definition) is 5. The van der Waals surface area contributed by atoms with Gasteiger partial charge in [0, 0.05) is 5.56 Å². The van der Waals surface area contributed by atoms with Crippen molar-refractivity contribution in [3.8, 4) is 11.8 Å². The van der Waals surface area contributed by atoms with Gasteiger partial charge in [-0.1, -0.05) is 18.2 Å². The maximum Gasteiger partial charge on any atom is 0.286 e. The Bertz CT molecular complexity index is 730. The van der Waals surface area contributed by atoms with Crippen molar-refractivity contribution in [1.29, 1.82) is 5.26 Å². The molecule has 2 heterocycles. The van der Waals surface area contributed by atoms with Gasteiger partial charge in [-0.3, -0.25) is 4.79 Å². The number of amides is 1. The summed E-state index contributed by atoms with van der Waals surface area (Å²) in [7, 11) is 0. The zero-order valence-corrected chi connectivity index (χ0v) is 14.1. The van der Waals surface area contributed by atoms with Crippen LogP contribution in [0.5, 0.6) is 5.75 Å². The first kappa shape index (κ1) is 16.6. The highest BCUT2D eigenvalue weighted by Gasteiger charge is 2.29. The molecule has 1 fully saturated rings. The number of aliphatic imine (C=N–C) groups is 1. The number of phenols is 1. The molecule has 2 N–H and O–H groups in total. The van der Waals surface area contributed by atoms with E-state index in [4.69, 9.17) is 5.26 Å². The fourth-order valence-corrected chi connectivity index (χ4v) is 3.74. The lowest BCUT2D eigenvalue weighted by Crippen LogP contribution is -3.14. The van der Waals surface area contributed by atoms with Gasteiger partial charge in [0.05, 0.1) is 50.1 Å². The molecule has 0 atom stereocenters. The molecule has 124 valence electrons. The summed E-state index contributed by atoms with van der Waals surface area (Å²) in [6.07, 6.45) is 2.27. The second-order valence-corrected chi connectivity index (χ2v) is 6.77. The van der Waals surface area contributed by atoms with Gasteiger partial charge < -0.3 is 14.9 Å². The van der Waals surface area contributed by atoms with E-state index in [0.29, 0.717) is 16.9 Å². The Balaban J connectivity index is 1.62. The van der Waals surface area contributed by atoms with Crippen molar-refractivity contribution in [2.75, 3.05) is 32.7 Å². The number of rotatable bonds is 3. The Kier molecular flexibility index (Phi) is 5.18. The first-order valence-electron chi connectivity index (χ1n) is 7.93. The third kappa shape index (κ3) is 3.78. The minimum absolute atomic E-state index is 0.154. The molecule has 7 heteroatoms. The van der Waals surface area contributed by atoms with E-state index in [1.807, 2.05) is 6.07 Å². The lowest BCUT2D eigenvalue weighted by molar-refractivity contribution is -0.903. The van der Waals surface area contributed by atoms with E-state index in [1.54, 1.807) is 24.3 Å². The Morgan fingerprint density at radius 3 is 2.83 bits per heavy atom. The van der Waals surface area contributed by atoms with Gasteiger partial charge in [0.25, 0.3) is 5.91 Å². The van der Waals surface area contributed by atoms with Crippen molar-refractivity contribution in [2.45, 2.75) is 6.42 Å². The van der Waals surface area contributed by atoms with E-state index in [-0.39, 0.29) is 11.7 Å². The number of nitrogens with one attached hydrogen (secondary N) is 1. The summed E-state index contributed by atoms with van der Waals surface area (Å²) in [6.45, 7) is 4.46. The van der Waals surface area contributed by atoms with Crippen LogP contribution < -0.4 is 4.90 Å². The van der Waals surface area contributed by atoms with Crippen LogP contribution in [0.15, 0.2) is 34.2 Å². The maximum atomic E-state index is 12.1. The average molecular weight is 343 g/mol. The second-order valence-electron chi connectivity index (χ2n) is 5.76. The molecular weight excluding hydrogens is 324 g/mol. The lowest BCUT2D eigenvalue weighted by atomic mass is 10.2. The SMILES string of the molecule is N#CCC[NH+]1CCN(C2=NC(=O)C(=Cc3ccccc3O)S2)CC1. The lowest BCUT2D eigenvalue weighted by Gasteiger charge is -2.32. The van der Waals surface area contributed by atoms with Crippen LogP contribution in [0.1, 0.15) is 12.0 Å². The quantitative estimate of drug-likeness (QED) is 0.780. The van der Waals surface area contributed by atoms with Crippen molar-refractivity contribution < 1.29 is 14.8 Å². The number of phenolic OH excluding ortho intramolecular Hbond substituents is 1. The number of amidine groups is 1. The molecule has 0 radical (unpaired) electrons. The highest BCUT2D eigenvalue weighted by Crippen LogP contribution is 2.31. The van der Waals surface area contributed by atoms with Crippen LogP contribution in [-0.2, 0) is 4.79 Å². The van der Waals surface area contributed by atoms with Gasteiger partial charge in [0.1, 0.15) is 5.75 Å². The van der Waals surface area contributed by atoms with Gasteiger partial charge in [0.2, 0.25) is 0 Å². The zero-order chi connectivity index (χ0) is 16.9. The predicted octanol–water partition coefficient (Wildman–Crippen LogP) is 0.477. The molecule has 1 aromatic carbocycles. The molecule has 3 rings (SSSR count). The molecule has 1 saturated heterocycles. The highest BCUT2D eigenvalue weighted by atomic mass is 32.2. The molecule has 2 aliphatic rings. The number of para-hydroxylation sites is 1. The molecule has 6 nitrogen and oxygen atoms in total. The number of quaternary nitrogens is 1. The van der Waals surface area contributed by atoms with E-state index in [2.05, 4.69) is 16.0 Å². The minimum Gasteiger partial charge on any atom is -0.507 e. The number of thioether (sulfide) groups is 1. The molecule has 0 aromatic heterocycles. The molecule has 1 amide bonds. The largest absolute Gasteiger partial charge is 0.507 e. The fraction of sp³-hybridized carbons (Fsp3) is 0.353. The normalized spacial score (nSPS) is 20.3. The van der Waals surface area contributed by atoms with Crippen LogP contribution >= 0.6 is 11.8 Å². The topological polar surface area (TPSA) is 81.1 Å². The first-order chi connectivity index (χ1) is 11.7. The average Bonchev–Trinajstić information content (AvgIpc) is 2.96. The molecule has 0 spiro atoms. The summed E-state index contributed by atoms with van der Waals surface area (Å²) in [5.74, 6) is -0.0981. The van der Waals surface area contributed by atoms with Gasteiger partial charge >= 0.3 is 0 Å². The predicted molar refractivity (Wildman–Crippen MR) is 93.5 cm³/mol. The molecule has 0 unspecified atom stereocenters. The molecule has 0 bridgehead atoms. The fourth-order valence-electron chi connectivity index (χ4n) is 2.78. The van der Waals surface area contributed by atoms with Crippen LogP contribution in [0.25, 0.3) is 6.08 Å². The Hall–Kier alpha value is -2.30. The number of nitriles is 1. The van der Waals surface area contributed by atoms with Gasteiger partial charge in [-0.2, -0.15) is 10.3 Å². The third-order valence-electron chi connectivity index (χ3n) is 4.16. The number of piperazine rings is 1. The molecule has 1 aromatic rings. The summed E-state index contributed by atoms with van der Waals surface area (Å²) >= 11 is 1.36. The van der Waals surface area contributed by atoms with Crippen LogP contribution in [0.3, 0.4) is 0 Å². The number of hydrogen-bond donors (Lipinski definition) is 2. The van der Waals surface area contributed by atoms with Gasteiger partial charge in [-0.25, -0.2) is 0 Å². The number of nitrogens with zero attached hydrogens (tertiary/aromatic N) is 3. The molecule has 0 saturated carbocycles. The van der Waals surface area contributed by atoms with E-state index < -0.39 is 0 Å². The monoisotopic (exact) mass is 343 g/mol. The summed E-state index contributed by atoms with van der Waals surface area (Å²) in [6, 6.07) is 9.12. The maximum absolute atomic E-state index is 12.1. The molecule has 2 aliphatic heterocycles. The number of aromatic hydroxyl groups is 1. The third-order valence-corrected chi connectivity index (χ3v) is 5.21. The Morgan fingerprint density at radius 2 is 2.12 bits per heavy atom. The van der Waals surface area contributed by atoms with Crippen LogP contribution in [0, 0.1) is 11.3 Å². The van der Waals surface area contributed by atoms with E-state index in [9.17, 15) is 9.90 Å². The Labute approximate surface area is 145 Å². The van der Waals surface area contributed by atoms with Crippen LogP contribution in [0.2, 0.25) is 0 Å². The van der Waals surface area contributed by atoms with Gasteiger partial charge in [-0.05, 0) is 23.9 Å². The molecule has 24 heavy (non-hydrogen) atoms. The number of benzene rings is 1. The summed E-state index contributed by atoms with van der Waals surface area (Å²) < 4.78 is 0. The van der Waals surface area contributed by atoms with Crippen LogP contribution in [0.4, 0.5) is 0 Å². The van der Waals surface area contributed by atoms with Crippen molar-refractivity contribution in [1.82, 2.24) is 4.90 Å². The summed E-state index contributed by atoms with van der Waals surface area (Å²) in [5, 5.41) is 19.2. The van der Waals surface area contributed by atoms with Crippen molar-refractivity contribution in [3.63, 3.8) is 0 Å². The van der Waals surface area contributed by atoms with Crippen LogP contribution in [-0.4, -0.2) is 53.8 Å². The highest BCUT2D eigenvalue weighted by molar-refractivity contribution is 8.18. The first-order valence-corrected chi connectivity index (χ1v) is 8.75. The molecular formula is C17H19N4O2S+. The van der Waals surface area contributed by atoms with Gasteiger partial charge in [0.15, 0.2) is 5.17 Å². The Morgan fingerprint density at radius 1 is 1.38 bits per heavy atom. The van der Waals surface area contributed by atoms with E-state index >= 15 is 0 Å². The zero-order valence-electron chi connectivity index (χ0n) is 13.2. The summed E-state index contributed by atoms with van der Waals surface area (Å²) in [5.41, 5.74) is 0.621. The van der Waals surface area contributed by atoms with E-state index in [0.717, 1.165) is 37.9 Å². The van der Waals surface area contributed by atoms with E-state index in [1.165, 1.54) is 16.7 Å². The van der Waals surface area contributed by atoms with Crippen molar-refractivity contribution in [3.05, 3.63) is 34.7 Å². The summed E-state index contributed by atoms with van der Waals surface area (Å²) in [4.78, 5) is 20.4. The van der Waals surface area contributed by atoms with Crippen molar-refractivity contribution in [2.24, 2.45) is 4.99 Å². The second kappa shape index (κ2) is 7.51. The standard InChI is InChI=1S/C17H18N4O2S/c18-6-3-7-20-8-10-21(11-9-20)17-19-16(23)15(24-17)12-13-4-1-2-5-14(13)22/h1-2,4-5,12,22H,3,7-11H2/p+1.